The Morgan fingerprint density at radius 1 is 0.812 bits per heavy atom. The minimum absolute atomic E-state index is 0.0238. The third-order valence-corrected chi connectivity index (χ3v) is 5.63. The topological polar surface area (TPSA) is 82.1 Å². The molecule has 0 aromatic heterocycles. The van der Waals surface area contributed by atoms with Gasteiger partial charge in [0.25, 0.3) is 11.8 Å². The maximum absolute atomic E-state index is 13.5. The number of hydrogen-bond acceptors (Lipinski definition) is 5. The highest BCUT2D eigenvalue weighted by molar-refractivity contribution is 6.51. The number of anilines is 3. The lowest BCUT2D eigenvalue weighted by atomic mass is 9.97. The van der Waals surface area contributed by atoms with Crippen molar-refractivity contribution in [3.63, 3.8) is 0 Å². The Labute approximate surface area is 185 Å². The number of hydrogen-bond donors (Lipinski definition) is 1. The summed E-state index contributed by atoms with van der Waals surface area (Å²) in [6.07, 6.45) is 0. The Morgan fingerprint density at radius 2 is 1.44 bits per heavy atom. The molecule has 2 aliphatic heterocycles. The molecule has 1 fully saturated rings. The molecule has 3 aromatic rings. The van der Waals surface area contributed by atoms with Crippen molar-refractivity contribution in [2.24, 2.45) is 11.0 Å². The predicted octanol–water partition coefficient (Wildman–Crippen LogP) is 3.37. The average molecular weight is 424 g/mol. The predicted molar refractivity (Wildman–Crippen MR) is 122 cm³/mol. The van der Waals surface area contributed by atoms with Crippen LogP contribution >= 0.6 is 0 Å². The van der Waals surface area contributed by atoms with Gasteiger partial charge in [0, 0.05) is 5.69 Å². The Morgan fingerprint density at radius 3 is 2.09 bits per heavy atom. The molecule has 0 bridgehead atoms. The number of fused-ring (bicyclic) bond motifs is 1. The van der Waals surface area contributed by atoms with Crippen LogP contribution in [-0.4, -0.2) is 29.5 Å². The van der Waals surface area contributed by atoms with Gasteiger partial charge in [-0.1, -0.05) is 54.1 Å². The van der Waals surface area contributed by atoms with Gasteiger partial charge in [-0.05, 0) is 43.3 Å². The number of benzene rings is 3. The molecular formula is C25H20N4O3. The van der Waals surface area contributed by atoms with Crippen LogP contribution in [0.25, 0.3) is 0 Å². The SMILES string of the molecule is Cc1ccc(N2C(=O)C3C(C(=O)Nc4ccccc4)=NN(c4ccccc4)C3C2=O)cc1. The number of carbonyl (C=O) groups is 3. The second kappa shape index (κ2) is 7.77. The molecular weight excluding hydrogens is 404 g/mol. The van der Waals surface area contributed by atoms with E-state index in [0.717, 1.165) is 10.5 Å². The van der Waals surface area contributed by atoms with E-state index in [9.17, 15) is 14.4 Å². The summed E-state index contributed by atoms with van der Waals surface area (Å²) < 4.78 is 0. The van der Waals surface area contributed by atoms with Crippen molar-refractivity contribution >= 4 is 40.5 Å². The lowest BCUT2D eigenvalue weighted by Gasteiger charge is -2.22. The highest BCUT2D eigenvalue weighted by atomic mass is 16.2. The second-order valence-electron chi connectivity index (χ2n) is 7.76. The first-order valence-corrected chi connectivity index (χ1v) is 10.3. The zero-order valence-electron chi connectivity index (χ0n) is 17.3. The van der Waals surface area contributed by atoms with E-state index in [2.05, 4.69) is 10.4 Å². The fourth-order valence-corrected chi connectivity index (χ4v) is 4.06. The highest BCUT2D eigenvalue weighted by Gasteiger charge is 2.58. The molecule has 0 aliphatic carbocycles. The summed E-state index contributed by atoms with van der Waals surface area (Å²) in [6.45, 7) is 1.93. The van der Waals surface area contributed by atoms with Gasteiger partial charge in [-0.25, -0.2) is 4.90 Å². The lowest BCUT2D eigenvalue weighted by molar-refractivity contribution is -0.122. The molecule has 2 unspecified atom stereocenters. The molecule has 3 aromatic carbocycles. The summed E-state index contributed by atoms with van der Waals surface area (Å²) in [5, 5.41) is 8.72. The molecule has 0 spiro atoms. The van der Waals surface area contributed by atoms with E-state index in [-0.39, 0.29) is 5.71 Å². The van der Waals surface area contributed by atoms with Gasteiger partial charge in [0.15, 0.2) is 0 Å². The number of para-hydroxylation sites is 2. The Bertz CT molecular complexity index is 1220. The van der Waals surface area contributed by atoms with Crippen molar-refractivity contribution < 1.29 is 14.4 Å². The smallest absolute Gasteiger partial charge is 0.272 e. The average Bonchev–Trinajstić information content (AvgIpc) is 3.33. The molecule has 2 heterocycles. The minimum atomic E-state index is -0.993. The van der Waals surface area contributed by atoms with Crippen molar-refractivity contribution in [1.29, 1.82) is 0 Å². The number of nitrogens with one attached hydrogen (secondary N) is 1. The minimum Gasteiger partial charge on any atom is -0.321 e. The fraction of sp³-hybridized carbons (Fsp3) is 0.120. The van der Waals surface area contributed by atoms with Gasteiger partial charge in [-0.3, -0.25) is 19.4 Å². The number of amides is 3. The molecule has 158 valence electrons. The Kier molecular flexibility index (Phi) is 4.78. The van der Waals surface area contributed by atoms with E-state index in [0.29, 0.717) is 17.1 Å². The van der Waals surface area contributed by atoms with Crippen LogP contribution in [0.3, 0.4) is 0 Å². The molecule has 1 saturated heterocycles. The van der Waals surface area contributed by atoms with Crippen LogP contribution < -0.4 is 15.2 Å². The van der Waals surface area contributed by atoms with E-state index in [1.54, 1.807) is 48.5 Å². The molecule has 3 amide bonds. The molecule has 2 aliphatic rings. The largest absolute Gasteiger partial charge is 0.321 e. The van der Waals surface area contributed by atoms with Gasteiger partial charge in [-0.15, -0.1) is 0 Å². The molecule has 7 nitrogen and oxygen atoms in total. The van der Waals surface area contributed by atoms with Crippen molar-refractivity contribution in [3.05, 3.63) is 90.5 Å². The molecule has 0 radical (unpaired) electrons. The summed E-state index contributed by atoms with van der Waals surface area (Å²) in [5.41, 5.74) is 2.74. The summed E-state index contributed by atoms with van der Waals surface area (Å²) in [6, 6.07) is 24.3. The quantitative estimate of drug-likeness (QED) is 0.651. The fourth-order valence-electron chi connectivity index (χ4n) is 4.06. The summed E-state index contributed by atoms with van der Waals surface area (Å²) >= 11 is 0. The van der Waals surface area contributed by atoms with E-state index in [1.807, 2.05) is 43.3 Å². The number of aryl methyl sites for hydroxylation is 1. The second-order valence-corrected chi connectivity index (χ2v) is 7.76. The van der Waals surface area contributed by atoms with E-state index < -0.39 is 29.7 Å². The number of imide groups is 1. The van der Waals surface area contributed by atoms with Crippen LogP contribution in [-0.2, 0) is 14.4 Å². The number of hydrazone groups is 1. The van der Waals surface area contributed by atoms with Crippen molar-refractivity contribution in [1.82, 2.24) is 0 Å². The number of carbonyl (C=O) groups excluding carboxylic acids is 3. The third-order valence-electron chi connectivity index (χ3n) is 5.63. The standard InChI is InChI=1S/C25H20N4O3/c1-16-12-14-18(15-13-16)28-24(31)20-21(23(30)26-17-8-4-2-5-9-17)27-29(22(20)25(28)32)19-10-6-3-7-11-19/h2-15,20,22H,1H3,(H,26,30). The van der Waals surface area contributed by atoms with Crippen LogP contribution in [0.1, 0.15) is 5.56 Å². The van der Waals surface area contributed by atoms with Gasteiger partial charge in [-0.2, -0.15) is 5.10 Å². The summed E-state index contributed by atoms with van der Waals surface area (Å²) in [5.74, 6) is -2.35. The van der Waals surface area contributed by atoms with Crippen LogP contribution in [0.4, 0.5) is 17.1 Å². The Hall–Kier alpha value is -4.26. The van der Waals surface area contributed by atoms with Crippen LogP contribution in [0, 0.1) is 12.8 Å². The monoisotopic (exact) mass is 424 g/mol. The molecule has 2 atom stereocenters. The van der Waals surface area contributed by atoms with E-state index >= 15 is 0 Å². The van der Waals surface area contributed by atoms with Crippen LogP contribution in [0.5, 0.6) is 0 Å². The normalized spacial score (nSPS) is 19.7. The molecule has 0 saturated carbocycles. The molecule has 1 N–H and O–H groups in total. The van der Waals surface area contributed by atoms with Crippen molar-refractivity contribution in [2.45, 2.75) is 13.0 Å². The van der Waals surface area contributed by atoms with E-state index in [1.165, 1.54) is 5.01 Å². The van der Waals surface area contributed by atoms with Crippen LogP contribution in [0.2, 0.25) is 0 Å². The maximum atomic E-state index is 13.5. The molecule has 7 heteroatoms. The van der Waals surface area contributed by atoms with Gasteiger partial charge >= 0.3 is 0 Å². The highest BCUT2D eigenvalue weighted by Crippen LogP contribution is 2.38. The zero-order chi connectivity index (χ0) is 22.2. The maximum Gasteiger partial charge on any atom is 0.272 e. The first-order chi connectivity index (χ1) is 15.5. The summed E-state index contributed by atoms with van der Waals surface area (Å²) in [7, 11) is 0. The van der Waals surface area contributed by atoms with E-state index in [4.69, 9.17) is 0 Å². The first kappa shape index (κ1) is 19.7. The Balaban J connectivity index is 1.55. The first-order valence-electron chi connectivity index (χ1n) is 10.3. The summed E-state index contributed by atoms with van der Waals surface area (Å²) in [4.78, 5) is 41.2. The van der Waals surface area contributed by atoms with Gasteiger partial charge < -0.3 is 5.32 Å². The molecule has 5 rings (SSSR count). The zero-order valence-corrected chi connectivity index (χ0v) is 17.3. The van der Waals surface area contributed by atoms with Gasteiger partial charge in [0.1, 0.15) is 17.7 Å². The van der Waals surface area contributed by atoms with Crippen molar-refractivity contribution in [3.8, 4) is 0 Å². The third kappa shape index (κ3) is 3.24. The van der Waals surface area contributed by atoms with Gasteiger partial charge in [0.2, 0.25) is 5.91 Å². The van der Waals surface area contributed by atoms with Crippen LogP contribution in [0.15, 0.2) is 90.0 Å². The molecule has 32 heavy (non-hydrogen) atoms. The van der Waals surface area contributed by atoms with Gasteiger partial charge in [0.05, 0.1) is 11.4 Å². The number of nitrogens with zero attached hydrogens (tertiary/aromatic N) is 3. The lowest BCUT2D eigenvalue weighted by Crippen LogP contribution is -2.39. The number of rotatable bonds is 4. The van der Waals surface area contributed by atoms with Crippen molar-refractivity contribution in [2.75, 3.05) is 15.2 Å².